The zero-order chi connectivity index (χ0) is 11.6. The van der Waals surface area contributed by atoms with Gasteiger partial charge in [-0.2, -0.15) is 0 Å². The van der Waals surface area contributed by atoms with Gasteiger partial charge >= 0.3 is 0 Å². The Morgan fingerprint density at radius 2 is 2.20 bits per heavy atom. The number of anilines is 1. The number of aromatic nitrogens is 2. The third-order valence-corrected chi connectivity index (χ3v) is 3.33. The zero-order valence-electron chi connectivity index (χ0n) is 8.84. The molecular formula is C9H13Cl2N3O. The number of nitrogens with zero attached hydrogens (tertiary/aromatic N) is 2. The lowest BCUT2D eigenvalue weighted by atomic mass is 10.1. The van der Waals surface area contributed by atoms with Gasteiger partial charge < -0.3 is 9.88 Å². The number of hydrogen-bond acceptors (Lipinski definition) is 3. The van der Waals surface area contributed by atoms with Gasteiger partial charge in [-0.15, -0.1) is 11.6 Å². The molecule has 6 heteroatoms. The van der Waals surface area contributed by atoms with Crippen LogP contribution in [0.5, 0.6) is 0 Å². The number of alkyl halides is 1. The fourth-order valence-electron chi connectivity index (χ4n) is 0.984. The Hall–Kier alpha value is -0.740. The number of halogens is 2. The minimum atomic E-state index is -0.348. The van der Waals surface area contributed by atoms with E-state index in [1.807, 2.05) is 13.8 Å². The zero-order valence-corrected chi connectivity index (χ0v) is 10.4. The summed E-state index contributed by atoms with van der Waals surface area (Å²) < 4.78 is 0. The van der Waals surface area contributed by atoms with Crippen molar-refractivity contribution in [1.29, 1.82) is 0 Å². The maximum absolute atomic E-state index is 11.3. The molecule has 0 aliphatic heterocycles. The number of H-pyrrole nitrogens is 1. The fraction of sp³-hybridized carbons (Fsp3) is 0.556. The van der Waals surface area contributed by atoms with Crippen LogP contribution in [-0.2, 0) is 0 Å². The molecule has 1 N–H and O–H groups in total. The van der Waals surface area contributed by atoms with Gasteiger partial charge in [-0.25, -0.2) is 4.98 Å². The predicted molar refractivity (Wildman–Crippen MR) is 63.1 cm³/mol. The molecule has 0 aliphatic rings. The Bertz CT molecular complexity index is 403. The van der Waals surface area contributed by atoms with Crippen molar-refractivity contribution in [3.63, 3.8) is 0 Å². The van der Waals surface area contributed by atoms with Crippen LogP contribution in [0.15, 0.2) is 11.1 Å². The molecule has 1 rings (SSSR count). The van der Waals surface area contributed by atoms with E-state index in [9.17, 15) is 4.79 Å². The lowest BCUT2D eigenvalue weighted by Gasteiger charge is -2.34. The van der Waals surface area contributed by atoms with Crippen LogP contribution in [0.3, 0.4) is 0 Å². The van der Waals surface area contributed by atoms with E-state index in [-0.39, 0.29) is 16.1 Å². The molecule has 0 bridgehead atoms. The van der Waals surface area contributed by atoms with Crippen molar-refractivity contribution in [3.05, 3.63) is 21.7 Å². The van der Waals surface area contributed by atoms with Crippen LogP contribution in [0.4, 0.5) is 5.82 Å². The largest absolute Gasteiger partial charge is 0.352 e. The summed E-state index contributed by atoms with van der Waals surface area (Å²) in [6.07, 6.45) is 1.32. The summed E-state index contributed by atoms with van der Waals surface area (Å²) in [5, 5.41) is 0.0817. The molecular weight excluding hydrogens is 237 g/mol. The van der Waals surface area contributed by atoms with Crippen LogP contribution in [0, 0.1) is 0 Å². The van der Waals surface area contributed by atoms with E-state index >= 15 is 0 Å². The van der Waals surface area contributed by atoms with Gasteiger partial charge in [0.05, 0.1) is 6.33 Å². The van der Waals surface area contributed by atoms with Crippen LogP contribution in [0.25, 0.3) is 0 Å². The summed E-state index contributed by atoms with van der Waals surface area (Å²) in [5.74, 6) is 0.847. The highest BCUT2D eigenvalue weighted by Gasteiger charge is 2.25. The second-order valence-electron chi connectivity index (χ2n) is 3.87. The number of aromatic amines is 1. The molecule has 0 amide bonds. The van der Waals surface area contributed by atoms with Gasteiger partial charge in [-0.3, -0.25) is 4.79 Å². The minimum Gasteiger partial charge on any atom is -0.352 e. The van der Waals surface area contributed by atoms with E-state index in [4.69, 9.17) is 23.2 Å². The SMILES string of the molecule is CN(c1nc[nH]c(=O)c1Cl)C(C)(C)CCl. The smallest absolute Gasteiger partial charge is 0.271 e. The highest BCUT2D eigenvalue weighted by atomic mass is 35.5. The molecule has 0 atom stereocenters. The molecule has 0 saturated heterocycles. The first-order valence-electron chi connectivity index (χ1n) is 4.43. The average Bonchev–Trinajstić information content (AvgIpc) is 2.21. The van der Waals surface area contributed by atoms with Gasteiger partial charge in [0.15, 0.2) is 5.82 Å². The Kier molecular flexibility index (Phi) is 3.62. The van der Waals surface area contributed by atoms with E-state index in [0.717, 1.165) is 0 Å². The van der Waals surface area contributed by atoms with Crippen LogP contribution in [0.1, 0.15) is 13.8 Å². The second kappa shape index (κ2) is 4.41. The molecule has 1 heterocycles. The summed E-state index contributed by atoms with van der Waals surface area (Å²) in [6, 6.07) is 0. The lowest BCUT2D eigenvalue weighted by molar-refractivity contribution is 0.539. The van der Waals surface area contributed by atoms with E-state index in [1.54, 1.807) is 11.9 Å². The molecule has 0 saturated carbocycles. The van der Waals surface area contributed by atoms with Crippen molar-refractivity contribution in [3.8, 4) is 0 Å². The maximum Gasteiger partial charge on any atom is 0.271 e. The molecule has 1 aromatic heterocycles. The standard InChI is InChI=1S/C9H13Cl2N3O/c1-9(2,4-10)14(3)7-6(11)8(15)13-5-12-7/h5H,4H2,1-3H3,(H,12,13,15). The molecule has 0 unspecified atom stereocenters. The summed E-state index contributed by atoms with van der Waals surface area (Å²) in [4.78, 5) is 19.5. The number of rotatable bonds is 3. The van der Waals surface area contributed by atoms with Crippen LogP contribution in [0.2, 0.25) is 5.02 Å². The minimum absolute atomic E-state index is 0.0817. The van der Waals surface area contributed by atoms with E-state index in [2.05, 4.69) is 9.97 Å². The highest BCUT2D eigenvalue weighted by Crippen LogP contribution is 2.25. The Morgan fingerprint density at radius 1 is 1.60 bits per heavy atom. The van der Waals surface area contributed by atoms with E-state index in [1.165, 1.54) is 6.33 Å². The predicted octanol–water partition coefficient (Wildman–Crippen LogP) is 1.88. The molecule has 1 aromatic rings. The second-order valence-corrected chi connectivity index (χ2v) is 4.52. The van der Waals surface area contributed by atoms with Crippen LogP contribution >= 0.6 is 23.2 Å². The Balaban J connectivity index is 3.17. The molecule has 0 spiro atoms. The quantitative estimate of drug-likeness (QED) is 0.833. The Morgan fingerprint density at radius 3 is 2.73 bits per heavy atom. The monoisotopic (exact) mass is 249 g/mol. The van der Waals surface area contributed by atoms with E-state index in [0.29, 0.717) is 11.7 Å². The summed E-state index contributed by atoms with van der Waals surface area (Å²) >= 11 is 11.7. The lowest BCUT2D eigenvalue weighted by Crippen LogP contribution is -2.44. The van der Waals surface area contributed by atoms with Crippen molar-refractivity contribution in [1.82, 2.24) is 9.97 Å². The summed E-state index contributed by atoms with van der Waals surface area (Å²) in [7, 11) is 1.80. The normalized spacial score (nSPS) is 11.5. The summed E-state index contributed by atoms with van der Waals surface area (Å²) in [5.41, 5.74) is -0.662. The fourth-order valence-corrected chi connectivity index (χ4v) is 1.39. The van der Waals surface area contributed by atoms with Gasteiger partial charge in [0, 0.05) is 18.5 Å². The first-order valence-corrected chi connectivity index (χ1v) is 5.34. The number of hydrogen-bond donors (Lipinski definition) is 1. The van der Waals surface area contributed by atoms with Crippen molar-refractivity contribution >= 4 is 29.0 Å². The third-order valence-electron chi connectivity index (χ3n) is 2.33. The van der Waals surface area contributed by atoms with Gasteiger partial charge in [0.1, 0.15) is 5.02 Å². The van der Waals surface area contributed by atoms with E-state index < -0.39 is 0 Å². The van der Waals surface area contributed by atoms with Gasteiger partial charge in [-0.1, -0.05) is 11.6 Å². The molecule has 84 valence electrons. The van der Waals surface area contributed by atoms with Crippen molar-refractivity contribution in [2.24, 2.45) is 0 Å². The van der Waals surface area contributed by atoms with Crippen LogP contribution in [-0.4, -0.2) is 28.4 Å². The number of nitrogens with one attached hydrogen (secondary N) is 1. The third kappa shape index (κ3) is 2.44. The topological polar surface area (TPSA) is 49.0 Å². The molecule has 0 radical (unpaired) electrons. The first kappa shape index (κ1) is 12.3. The van der Waals surface area contributed by atoms with Crippen LogP contribution < -0.4 is 10.5 Å². The molecule has 0 fully saturated rings. The van der Waals surface area contributed by atoms with Gasteiger partial charge in [0.2, 0.25) is 0 Å². The molecule has 0 aromatic carbocycles. The highest BCUT2D eigenvalue weighted by molar-refractivity contribution is 6.32. The Labute approximate surface area is 98.2 Å². The molecule has 0 aliphatic carbocycles. The average molecular weight is 250 g/mol. The van der Waals surface area contributed by atoms with Crippen molar-refractivity contribution < 1.29 is 0 Å². The molecule has 15 heavy (non-hydrogen) atoms. The van der Waals surface area contributed by atoms with Gasteiger partial charge in [-0.05, 0) is 13.8 Å². The first-order chi connectivity index (χ1) is 6.90. The van der Waals surface area contributed by atoms with Gasteiger partial charge in [0.25, 0.3) is 5.56 Å². The maximum atomic E-state index is 11.3. The van der Waals surface area contributed by atoms with Crippen molar-refractivity contribution in [2.75, 3.05) is 17.8 Å². The molecule has 4 nitrogen and oxygen atoms in total. The summed E-state index contributed by atoms with van der Waals surface area (Å²) in [6.45, 7) is 3.89. The van der Waals surface area contributed by atoms with Crippen molar-refractivity contribution in [2.45, 2.75) is 19.4 Å².